The molecule has 9 heteroatoms. The van der Waals surface area contributed by atoms with Gasteiger partial charge in [0.15, 0.2) is 5.11 Å². The van der Waals surface area contributed by atoms with Crippen molar-refractivity contribution in [3.63, 3.8) is 0 Å². The lowest BCUT2D eigenvalue weighted by molar-refractivity contribution is -0.137. The van der Waals surface area contributed by atoms with Gasteiger partial charge in [-0.15, -0.1) is 0 Å². The van der Waals surface area contributed by atoms with Gasteiger partial charge in [-0.2, -0.15) is 23.7 Å². The van der Waals surface area contributed by atoms with E-state index >= 15 is 0 Å². The van der Waals surface area contributed by atoms with E-state index in [1.165, 1.54) is 6.07 Å². The Kier molecular flexibility index (Phi) is 6.40. The highest BCUT2D eigenvalue weighted by Crippen LogP contribution is 2.48. The molecule has 2 aromatic carbocycles. The van der Waals surface area contributed by atoms with Crippen LogP contribution in [0.1, 0.15) is 54.4 Å². The fourth-order valence-electron chi connectivity index (χ4n) is 4.71. The number of nitriles is 2. The molecule has 0 bridgehead atoms. The van der Waals surface area contributed by atoms with Gasteiger partial charge >= 0.3 is 6.18 Å². The van der Waals surface area contributed by atoms with Crippen LogP contribution in [0.3, 0.4) is 0 Å². The van der Waals surface area contributed by atoms with Crippen molar-refractivity contribution in [3.8, 4) is 12.1 Å². The van der Waals surface area contributed by atoms with Gasteiger partial charge in [0, 0.05) is 12.1 Å². The fraction of sp³-hybridized carbons (Fsp3) is 0.308. The first kappa shape index (κ1) is 24.4. The first-order valence-electron chi connectivity index (χ1n) is 11.1. The molecule has 1 heterocycles. The molecular formula is C26H21F3N4OS. The first-order chi connectivity index (χ1) is 16.7. The lowest BCUT2D eigenvalue weighted by Crippen LogP contribution is -2.55. The number of unbranched alkanes of at least 4 members (excludes halogenated alkanes) is 1. The van der Waals surface area contributed by atoms with Crippen LogP contribution in [0.25, 0.3) is 6.08 Å². The molecule has 1 spiro atoms. The molecule has 0 N–H and O–H groups in total. The molecule has 2 aliphatic rings. The number of rotatable bonds is 6. The van der Waals surface area contributed by atoms with Crippen molar-refractivity contribution in [1.82, 2.24) is 0 Å². The van der Waals surface area contributed by atoms with Crippen LogP contribution < -0.4 is 9.80 Å². The highest BCUT2D eigenvalue weighted by Gasteiger charge is 2.59. The molecule has 0 unspecified atom stereocenters. The molecule has 1 saturated carbocycles. The van der Waals surface area contributed by atoms with Crippen molar-refractivity contribution in [2.45, 2.75) is 50.2 Å². The van der Waals surface area contributed by atoms with Gasteiger partial charge in [0.1, 0.15) is 5.54 Å². The summed E-state index contributed by atoms with van der Waals surface area (Å²) in [6.07, 6.45) is 0.631. The summed E-state index contributed by atoms with van der Waals surface area (Å²) in [7, 11) is 0. The minimum absolute atomic E-state index is 0.0165. The lowest BCUT2D eigenvalue weighted by atomic mass is 9.75. The van der Waals surface area contributed by atoms with Crippen LogP contribution in [0.15, 0.2) is 43.0 Å². The first-order valence-corrected chi connectivity index (χ1v) is 11.5. The standard InChI is InChI=1S/C26H21F3N4OS/c1-2-17-14-21(10-7-18(17)6-3-4-13-30)33-24(35)32(23(34)25(33)11-5-12-25)20-9-8-19(16-31)22(15-20)26(27,28)29/h2,7-10,14-15H,1,3-6,11-12H2. The number of aryl methyl sites for hydroxylation is 1. The Labute approximate surface area is 206 Å². The third kappa shape index (κ3) is 4.06. The zero-order chi connectivity index (χ0) is 25.4. The lowest BCUT2D eigenvalue weighted by Gasteiger charge is -2.43. The number of anilines is 2. The van der Waals surface area contributed by atoms with E-state index in [0.29, 0.717) is 37.8 Å². The number of halogens is 3. The number of carbonyl (C=O) groups is 1. The Hall–Kier alpha value is -3.69. The maximum absolute atomic E-state index is 13.6. The summed E-state index contributed by atoms with van der Waals surface area (Å²) in [6.45, 7) is 3.88. The number of alkyl halides is 3. The van der Waals surface area contributed by atoms with E-state index in [-0.39, 0.29) is 16.7 Å². The number of benzene rings is 2. The van der Waals surface area contributed by atoms with Gasteiger partial charge in [-0.05, 0) is 85.8 Å². The molecule has 35 heavy (non-hydrogen) atoms. The maximum atomic E-state index is 13.6. The quantitative estimate of drug-likeness (QED) is 0.357. The highest BCUT2D eigenvalue weighted by molar-refractivity contribution is 7.81. The van der Waals surface area contributed by atoms with Gasteiger partial charge in [-0.3, -0.25) is 9.69 Å². The second-order valence-corrected chi connectivity index (χ2v) is 8.95. The van der Waals surface area contributed by atoms with Gasteiger partial charge in [0.05, 0.1) is 29.0 Å². The third-order valence-electron chi connectivity index (χ3n) is 6.62. The van der Waals surface area contributed by atoms with Crippen molar-refractivity contribution in [2.24, 2.45) is 0 Å². The van der Waals surface area contributed by atoms with Crippen LogP contribution in [0.2, 0.25) is 0 Å². The summed E-state index contributed by atoms with van der Waals surface area (Å²) in [5, 5.41) is 18.0. The number of hydrogen-bond donors (Lipinski definition) is 0. The van der Waals surface area contributed by atoms with E-state index in [0.717, 1.165) is 34.6 Å². The molecule has 1 saturated heterocycles. The minimum Gasteiger partial charge on any atom is -0.303 e. The zero-order valence-electron chi connectivity index (χ0n) is 18.7. The second-order valence-electron chi connectivity index (χ2n) is 8.58. The summed E-state index contributed by atoms with van der Waals surface area (Å²) in [6, 6.07) is 12.5. The number of hydrogen-bond acceptors (Lipinski definition) is 4. The maximum Gasteiger partial charge on any atom is 0.417 e. The molecule has 178 valence electrons. The van der Waals surface area contributed by atoms with Gasteiger partial charge in [-0.25, -0.2) is 0 Å². The monoisotopic (exact) mass is 494 g/mol. The Morgan fingerprint density at radius 3 is 2.43 bits per heavy atom. The molecular weight excluding hydrogens is 473 g/mol. The molecule has 2 fully saturated rings. The molecule has 4 rings (SSSR count). The Bertz CT molecular complexity index is 1300. The van der Waals surface area contributed by atoms with E-state index < -0.39 is 22.8 Å². The van der Waals surface area contributed by atoms with E-state index in [4.69, 9.17) is 22.7 Å². The second kappa shape index (κ2) is 9.16. The van der Waals surface area contributed by atoms with Crippen LogP contribution >= 0.6 is 12.2 Å². The summed E-state index contributed by atoms with van der Waals surface area (Å²) >= 11 is 5.67. The van der Waals surface area contributed by atoms with Crippen molar-refractivity contribution < 1.29 is 18.0 Å². The molecule has 5 nitrogen and oxygen atoms in total. The van der Waals surface area contributed by atoms with Crippen LogP contribution in [0, 0.1) is 22.7 Å². The van der Waals surface area contributed by atoms with Crippen LogP contribution in [0.4, 0.5) is 24.5 Å². The minimum atomic E-state index is -4.75. The SMILES string of the molecule is C=Cc1cc(N2C(=S)N(c3ccc(C#N)c(C(F)(F)F)c3)C(=O)C23CCC3)ccc1CCCC#N. The Balaban J connectivity index is 1.76. The Morgan fingerprint density at radius 2 is 1.86 bits per heavy atom. The van der Waals surface area contributed by atoms with Crippen molar-refractivity contribution >= 4 is 40.7 Å². The van der Waals surface area contributed by atoms with Gasteiger partial charge < -0.3 is 4.90 Å². The van der Waals surface area contributed by atoms with Crippen LogP contribution in [0.5, 0.6) is 0 Å². The number of nitrogens with zero attached hydrogens (tertiary/aromatic N) is 4. The van der Waals surface area contributed by atoms with Gasteiger partial charge in [0.2, 0.25) is 0 Å². The van der Waals surface area contributed by atoms with Crippen LogP contribution in [-0.4, -0.2) is 16.6 Å². The topological polar surface area (TPSA) is 71.1 Å². The molecule has 0 aromatic heterocycles. The molecule has 2 aromatic rings. The van der Waals surface area contributed by atoms with E-state index in [9.17, 15) is 18.0 Å². The normalized spacial score (nSPS) is 16.7. The fourth-order valence-corrected chi connectivity index (χ4v) is 5.18. The Morgan fingerprint density at radius 1 is 1.14 bits per heavy atom. The summed E-state index contributed by atoms with van der Waals surface area (Å²) in [5.41, 5.74) is -0.0736. The molecule has 1 amide bonds. The van der Waals surface area contributed by atoms with Gasteiger partial charge in [-0.1, -0.05) is 18.7 Å². The van der Waals surface area contributed by atoms with E-state index in [1.807, 2.05) is 18.2 Å². The third-order valence-corrected chi connectivity index (χ3v) is 6.99. The largest absolute Gasteiger partial charge is 0.417 e. The number of carbonyl (C=O) groups excluding carboxylic acids is 1. The summed E-state index contributed by atoms with van der Waals surface area (Å²) in [5.74, 6) is -0.371. The summed E-state index contributed by atoms with van der Waals surface area (Å²) < 4.78 is 40.7. The van der Waals surface area contributed by atoms with Gasteiger partial charge in [0.25, 0.3) is 5.91 Å². The molecule has 1 aliphatic heterocycles. The predicted octanol–water partition coefficient (Wildman–Crippen LogP) is 6.13. The number of amides is 1. The number of thiocarbonyl (C=S) groups is 1. The predicted molar refractivity (Wildman–Crippen MR) is 130 cm³/mol. The van der Waals surface area contributed by atoms with Crippen molar-refractivity contribution in [3.05, 3.63) is 65.2 Å². The van der Waals surface area contributed by atoms with Crippen molar-refractivity contribution in [1.29, 1.82) is 10.5 Å². The summed E-state index contributed by atoms with van der Waals surface area (Å²) in [4.78, 5) is 16.5. The van der Waals surface area contributed by atoms with E-state index in [1.54, 1.807) is 17.0 Å². The average Bonchev–Trinajstić information content (AvgIpc) is 3.05. The average molecular weight is 495 g/mol. The molecule has 1 aliphatic carbocycles. The molecule has 0 atom stereocenters. The van der Waals surface area contributed by atoms with Crippen molar-refractivity contribution in [2.75, 3.05) is 9.80 Å². The highest BCUT2D eigenvalue weighted by atomic mass is 32.1. The smallest absolute Gasteiger partial charge is 0.303 e. The van der Waals surface area contributed by atoms with Crippen LogP contribution in [-0.2, 0) is 17.4 Å². The zero-order valence-corrected chi connectivity index (χ0v) is 19.5. The molecule has 0 radical (unpaired) electrons. The van der Waals surface area contributed by atoms with E-state index in [2.05, 4.69) is 12.6 Å².